The number of rotatable bonds is 5. The van der Waals surface area contributed by atoms with Crippen molar-refractivity contribution in [2.24, 2.45) is 0 Å². The van der Waals surface area contributed by atoms with Crippen molar-refractivity contribution in [1.29, 1.82) is 0 Å². The first-order valence-corrected chi connectivity index (χ1v) is 4.64. The fourth-order valence-corrected chi connectivity index (χ4v) is 1.15. The minimum Gasteiger partial charge on any atom is -0.493 e. The minimum absolute atomic E-state index is 0.167. The first kappa shape index (κ1) is 11.3. The van der Waals surface area contributed by atoms with Crippen molar-refractivity contribution in [2.75, 3.05) is 7.11 Å². The van der Waals surface area contributed by atoms with Gasteiger partial charge in [0.15, 0.2) is 17.8 Å². The lowest BCUT2D eigenvalue weighted by Crippen LogP contribution is -2.09. The lowest BCUT2D eigenvalue weighted by molar-refractivity contribution is 0.111. The largest absolute Gasteiger partial charge is 0.493 e. The molecule has 0 saturated carbocycles. The molecule has 0 N–H and O–H groups in total. The summed E-state index contributed by atoms with van der Waals surface area (Å²) < 4.78 is 10.6. The SMILES string of the molecule is C=CC(C)Oc1c(C=O)cccc1OC. The first-order valence-electron chi connectivity index (χ1n) is 4.64. The molecule has 80 valence electrons. The average Bonchev–Trinajstić information content (AvgIpc) is 2.29. The maximum absolute atomic E-state index is 10.8. The van der Waals surface area contributed by atoms with Crippen LogP contribution >= 0.6 is 0 Å². The molecule has 0 saturated heterocycles. The number of hydrogen-bond donors (Lipinski definition) is 0. The Kier molecular flexibility index (Phi) is 3.92. The number of benzene rings is 1. The van der Waals surface area contributed by atoms with Crippen molar-refractivity contribution in [3.8, 4) is 11.5 Å². The number of carbonyl (C=O) groups is 1. The summed E-state index contributed by atoms with van der Waals surface area (Å²) in [6, 6.07) is 5.17. The van der Waals surface area contributed by atoms with E-state index in [2.05, 4.69) is 6.58 Å². The van der Waals surface area contributed by atoms with Crippen molar-refractivity contribution in [2.45, 2.75) is 13.0 Å². The first-order chi connectivity index (χ1) is 7.22. The highest BCUT2D eigenvalue weighted by molar-refractivity contribution is 5.81. The van der Waals surface area contributed by atoms with Gasteiger partial charge in [-0.25, -0.2) is 0 Å². The van der Waals surface area contributed by atoms with Crippen LogP contribution in [-0.4, -0.2) is 19.5 Å². The maximum atomic E-state index is 10.8. The Hall–Kier alpha value is -1.77. The van der Waals surface area contributed by atoms with E-state index in [1.165, 1.54) is 7.11 Å². The number of ether oxygens (including phenoxy) is 2. The molecule has 3 heteroatoms. The van der Waals surface area contributed by atoms with E-state index in [1.807, 2.05) is 6.92 Å². The van der Waals surface area contributed by atoms with Gasteiger partial charge < -0.3 is 9.47 Å². The highest BCUT2D eigenvalue weighted by Gasteiger charge is 2.11. The molecular formula is C12H14O3. The minimum atomic E-state index is -0.167. The molecule has 1 atom stereocenters. The van der Waals surface area contributed by atoms with Gasteiger partial charge in [0.25, 0.3) is 0 Å². The molecule has 0 spiro atoms. The highest BCUT2D eigenvalue weighted by atomic mass is 16.5. The zero-order chi connectivity index (χ0) is 11.3. The van der Waals surface area contributed by atoms with Gasteiger partial charge in [0.05, 0.1) is 12.7 Å². The lowest BCUT2D eigenvalue weighted by atomic mass is 10.2. The molecular weight excluding hydrogens is 192 g/mol. The van der Waals surface area contributed by atoms with Crippen LogP contribution in [0.3, 0.4) is 0 Å². The number of hydrogen-bond acceptors (Lipinski definition) is 3. The summed E-state index contributed by atoms with van der Waals surface area (Å²) >= 11 is 0. The normalized spacial score (nSPS) is 11.6. The Morgan fingerprint density at radius 3 is 2.73 bits per heavy atom. The summed E-state index contributed by atoms with van der Waals surface area (Å²) in [7, 11) is 1.54. The molecule has 0 fully saturated rings. The number of aldehydes is 1. The van der Waals surface area contributed by atoms with Crippen LogP contribution in [0.4, 0.5) is 0 Å². The van der Waals surface area contributed by atoms with Gasteiger partial charge in [-0.2, -0.15) is 0 Å². The van der Waals surface area contributed by atoms with Crippen LogP contribution in [0.15, 0.2) is 30.9 Å². The van der Waals surface area contributed by atoms with Crippen LogP contribution in [0.5, 0.6) is 11.5 Å². The molecule has 0 bridgehead atoms. The number of methoxy groups -OCH3 is 1. The van der Waals surface area contributed by atoms with Gasteiger partial charge >= 0.3 is 0 Å². The summed E-state index contributed by atoms with van der Waals surface area (Å²) in [5.41, 5.74) is 0.475. The van der Waals surface area contributed by atoms with E-state index in [1.54, 1.807) is 24.3 Å². The smallest absolute Gasteiger partial charge is 0.172 e. The van der Waals surface area contributed by atoms with Gasteiger partial charge in [-0.15, -0.1) is 0 Å². The Morgan fingerprint density at radius 1 is 1.47 bits per heavy atom. The summed E-state index contributed by atoms with van der Waals surface area (Å²) in [5, 5.41) is 0. The molecule has 1 rings (SSSR count). The van der Waals surface area contributed by atoms with E-state index in [-0.39, 0.29) is 6.10 Å². The van der Waals surface area contributed by atoms with Gasteiger partial charge in [0, 0.05) is 0 Å². The fourth-order valence-electron chi connectivity index (χ4n) is 1.15. The Labute approximate surface area is 89.3 Å². The van der Waals surface area contributed by atoms with E-state index >= 15 is 0 Å². The molecule has 0 aromatic heterocycles. The van der Waals surface area contributed by atoms with Crippen LogP contribution < -0.4 is 9.47 Å². The van der Waals surface area contributed by atoms with Crippen molar-refractivity contribution < 1.29 is 14.3 Å². The van der Waals surface area contributed by atoms with Crippen LogP contribution in [0, 0.1) is 0 Å². The molecule has 1 unspecified atom stereocenters. The van der Waals surface area contributed by atoms with E-state index < -0.39 is 0 Å². The van der Waals surface area contributed by atoms with Crippen LogP contribution in [0.25, 0.3) is 0 Å². The van der Waals surface area contributed by atoms with E-state index in [0.717, 1.165) is 6.29 Å². The molecule has 0 aliphatic heterocycles. The van der Waals surface area contributed by atoms with Gasteiger partial charge in [-0.3, -0.25) is 4.79 Å². The zero-order valence-corrected chi connectivity index (χ0v) is 8.90. The van der Waals surface area contributed by atoms with E-state index in [9.17, 15) is 4.79 Å². The molecule has 1 aromatic carbocycles. The van der Waals surface area contributed by atoms with E-state index in [4.69, 9.17) is 9.47 Å². The van der Waals surface area contributed by atoms with Crippen molar-refractivity contribution in [3.63, 3.8) is 0 Å². The van der Waals surface area contributed by atoms with Crippen LogP contribution in [-0.2, 0) is 0 Å². The van der Waals surface area contributed by atoms with Crippen molar-refractivity contribution >= 4 is 6.29 Å². The molecule has 0 aliphatic carbocycles. The third-order valence-electron chi connectivity index (χ3n) is 1.99. The fraction of sp³-hybridized carbons (Fsp3) is 0.250. The molecule has 0 amide bonds. The molecule has 0 radical (unpaired) electrons. The van der Waals surface area contributed by atoms with Gasteiger partial charge in [-0.1, -0.05) is 18.7 Å². The standard InChI is InChI=1S/C12H14O3/c1-4-9(2)15-12-10(8-13)6-5-7-11(12)14-3/h4-9H,1H2,2-3H3. The summed E-state index contributed by atoms with van der Waals surface area (Å²) in [5.74, 6) is 1.01. The number of carbonyl (C=O) groups excluding carboxylic acids is 1. The second-order valence-electron chi connectivity index (χ2n) is 3.06. The molecule has 15 heavy (non-hydrogen) atoms. The molecule has 0 aliphatic rings. The van der Waals surface area contributed by atoms with Gasteiger partial charge in [-0.05, 0) is 19.1 Å². The molecule has 0 heterocycles. The molecule has 1 aromatic rings. The second-order valence-corrected chi connectivity index (χ2v) is 3.06. The Bertz CT molecular complexity index is 358. The summed E-state index contributed by atoms with van der Waals surface area (Å²) in [6.45, 7) is 5.45. The number of para-hydroxylation sites is 1. The average molecular weight is 206 g/mol. The quantitative estimate of drug-likeness (QED) is 0.548. The van der Waals surface area contributed by atoms with Crippen molar-refractivity contribution in [3.05, 3.63) is 36.4 Å². The predicted molar refractivity (Wildman–Crippen MR) is 58.7 cm³/mol. The summed E-state index contributed by atoms with van der Waals surface area (Å²) in [6.07, 6.45) is 2.23. The van der Waals surface area contributed by atoms with Gasteiger partial charge in [0.1, 0.15) is 6.10 Å². The zero-order valence-electron chi connectivity index (χ0n) is 8.90. The maximum Gasteiger partial charge on any atom is 0.172 e. The highest BCUT2D eigenvalue weighted by Crippen LogP contribution is 2.30. The Morgan fingerprint density at radius 2 is 2.20 bits per heavy atom. The van der Waals surface area contributed by atoms with E-state index in [0.29, 0.717) is 17.1 Å². The second kappa shape index (κ2) is 5.20. The lowest BCUT2D eigenvalue weighted by Gasteiger charge is -2.15. The third kappa shape index (κ3) is 2.59. The van der Waals surface area contributed by atoms with Crippen molar-refractivity contribution in [1.82, 2.24) is 0 Å². The molecule has 3 nitrogen and oxygen atoms in total. The topological polar surface area (TPSA) is 35.5 Å². The monoisotopic (exact) mass is 206 g/mol. The van der Waals surface area contributed by atoms with Crippen LogP contribution in [0.2, 0.25) is 0 Å². The van der Waals surface area contributed by atoms with Crippen LogP contribution in [0.1, 0.15) is 17.3 Å². The summed E-state index contributed by atoms with van der Waals surface area (Å²) in [4.78, 5) is 10.8. The van der Waals surface area contributed by atoms with Gasteiger partial charge in [0.2, 0.25) is 0 Å². The Balaban J connectivity index is 3.10. The predicted octanol–water partition coefficient (Wildman–Crippen LogP) is 2.46. The third-order valence-corrected chi connectivity index (χ3v) is 1.99.